The van der Waals surface area contributed by atoms with E-state index in [4.69, 9.17) is 32.3 Å². The molecule has 5 unspecified atom stereocenters. The van der Waals surface area contributed by atoms with Gasteiger partial charge in [-0.3, -0.25) is 32.5 Å². The van der Waals surface area contributed by atoms with Crippen molar-refractivity contribution in [3.63, 3.8) is 0 Å². The van der Waals surface area contributed by atoms with E-state index in [9.17, 15) is 43.5 Å². The van der Waals surface area contributed by atoms with Crippen LogP contribution in [0.2, 0.25) is 0 Å². The van der Waals surface area contributed by atoms with Crippen molar-refractivity contribution in [1.82, 2.24) is 0 Å². The standard InChI is InChI=1S/C87H146O16P2/c1-4-7-10-13-16-19-22-25-28-31-33-34-35-36-37-38-39-40-41-42-43-44-45-46-48-51-52-55-58-61-64-67-70-73-85(90)97-76-82(88)77-99-104(93,94)100-78-83(89)79-101-105(95,96)102-81-84(103-87(92)75-72-69-66-63-60-57-54-49-30-27-24-21-18-15-12-9-6-3)80-98-86(91)74-71-68-65-62-59-56-53-50-47-32-29-26-23-20-17-14-11-8-5-2/h7-12,16-21,25-30,33-34,36-37,47,50,56,59,82-84,88-89H,4-6,13-15,22-24,31-32,35,38-46,48-49,51-55,57-58,60-81H2,1-3H3,(H,93,94)(H,95,96)/b10-7-,11-8-,12-9-,19-16-,20-17-,21-18-,28-25-,29-26-,30-27-,34-33-,37-36-,50-47-,59-56-. The molecule has 0 aliphatic heterocycles. The van der Waals surface area contributed by atoms with Crippen LogP contribution in [0.3, 0.4) is 0 Å². The Morgan fingerprint density at radius 2 is 0.476 bits per heavy atom. The van der Waals surface area contributed by atoms with Gasteiger partial charge in [-0.15, -0.1) is 0 Å². The molecule has 0 spiro atoms. The van der Waals surface area contributed by atoms with Crippen LogP contribution in [0.25, 0.3) is 0 Å². The number of carbonyl (C=O) groups is 3. The first-order chi connectivity index (χ1) is 51.2. The number of carbonyl (C=O) groups excluding carboxylic acids is 3. The molecule has 0 aliphatic carbocycles. The number of hydrogen-bond acceptors (Lipinski definition) is 14. The highest BCUT2D eigenvalue weighted by molar-refractivity contribution is 7.47. The molecule has 0 saturated heterocycles. The molecule has 0 bridgehead atoms. The van der Waals surface area contributed by atoms with Gasteiger partial charge in [-0.05, 0) is 141 Å². The molecule has 0 rings (SSSR count). The smallest absolute Gasteiger partial charge is 0.463 e. The molecule has 0 fully saturated rings. The van der Waals surface area contributed by atoms with Crippen LogP contribution in [0.15, 0.2) is 158 Å². The van der Waals surface area contributed by atoms with Crippen LogP contribution in [0.5, 0.6) is 0 Å². The molecule has 0 amide bonds. The number of phosphoric ester groups is 2. The lowest BCUT2D eigenvalue weighted by atomic mass is 10.0. The Kier molecular flexibility index (Phi) is 75.1. The first kappa shape index (κ1) is 100. The molecule has 105 heavy (non-hydrogen) atoms. The van der Waals surface area contributed by atoms with Crippen LogP contribution >= 0.6 is 15.6 Å². The van der Waals surface area contributed by atoms with E-state index in [-0.39, 0.29) is 19.3 Å². The number of ether oxygens (including phenoxy) is 3. The summed E-state index contributed by atoms with van der Waals surface area (Å²) in [6.45, 7) is 2.30. The van der Waals surface area contributed by atoms with Crippen LogP contribution in [0.1, 0.15) is 316 Å². The molecule has 5 atom stereocenters. The average molecular weight is 1510 g/mol. The van der Waals surface area contributed by atoms with Crippen molar-refractivity contribution in [2.24, 2.45) is 0 Å². The third-order valence-corrected chi connectivity index (χ3v) is 18.6. The molecular weight excluding hydrogens is 1360 g/mol. The van der Waals surface area contributed by atoms with E-state index in [0.29, 0.717) is 19.3 Å². The zero-order valence-electron chi connectivity index (χ0n) is 65.6. The van der Waals surface area contributed by atoms with Gasteiger partial charge in [0.15, 0.2) is 6.10 Å². The van der Waals surface area contributed by atoms with Gasteiger partial charge in [-0.25, -0.2) is 9.13 Å². The summed E-state index contributed by atoms with van der Waals surface area (Å²) in [6.07, 6.45) is 98.7. The molecule has 0 aromatic heterocycles. The van der Waals surface area contributed by atoms with Gasteiger partial charge in [0, 0.05) is 19.3 Å². The molecule has 0 heterocycles. The predicted molar refractivity (Wildman–Crippen MR) is 435 cm³/mol. The molecule has 0 aromatic carbocycles. The topological polar surface area (TPSA) is 231 Å². The summed E-state index contributed by atoms with van der Waals surface area (Å²) in [7, 11) is -9.81. The maximum absolute atomic E-state index is 13.0. The Balaban J connectivity index is 4.50. The third kappa shape index (κ3) is 80.0. The minimum absolute atomic E-state index is 0.0815. The summed E-state index contributed by atoms with van der Waals surface area (Å²) in [5.41, 5.74) is 0. The van der Waals surface area contributed by atoms with Crippen molar-refractivity contribution in [2.75, 3.05) is 39.6 Å². The summed E-state index contributed by atoms with van der Waals surface area (Å²) in [5.74, 6) is -1.62. The molecule has 16 nitrogen and oxygen atoms in total. The van der Waals surface area contributed by atoms with Crippen LogP contribution in [0.4, 0.5) is 0 Å². The second-order valence-corrected chi connectivity index (χ2v) is 29.7. The number of aliphatic hydroxyl groups excluding tert-OH is 2. The molecule has 0 aromatic rings. The number of hydrogen-bond donors (Lipinski definition) is 4. The molecule has 18 heteroatoms. The lowest BCUT2D eigenvalue weighted by Crippen LogP contribution is -2.30. The second kappa shape index (κ2) is 78.7. The maximum atomic E-state index is 13.0. The molecule has 0 radical (unpaired) electrons. The number of aliphatic hydroxyl groups is 2. The van der Waals surface area contributed by atoms with Gasteiger partial charge in [0.2, 0.25) is 0 Å². The summed E-state index contributed by atoms with van der Waals surface area (Å²) < 4.78 is 61.2. The van der Waals surface area contributed by atoms with Gasteiger partial charge < -0.3 is 34.2 Å². The van der Waals surface area contributed by atoms with Crippen LogP contribution < -0.4 is 0 Å². The minimum atomic E-state index is -4.95. The van der Waals surface area contributed by atoms with E-state index < -0.39 is 91.5 Å². The molecule has 0 aliphatic rings. The lowest BCUT2D eigenvalue weighted by Gasteiger charge is -2.21. The van der Waals surface area contributed by atoms with Crippen molar-refractivity contribution in [2.45, 2.75) is 334 Å². The van der Waals surface area contributed by atoms with Crippen molar-refractivity contribution >= 4 is 33.6 Å². The normalized spacial score (nSPS) is 14.8. The van der Waals surface area contributed by atoms with Crippen molar-refractivity contribution < 1.29 is 75.8 Å². The van der Waals surface area contributed by atoms with Crippen LogP contribution in [0, 0.1) is 0 Å². The summed E-state index contributed by atoms with van der Waals surface area (Å²) in [4.78, 5) is 58.7. The fourth-order valence-corrected chi connectivity index (χ4v) is 12.2. The van der Waals surface area contributed by atoms with E-state index in [2.05, 4.69) is 179 Å². The van der Waals surface area contributed by atoms with Gasteiger partial charge in [0.05, 0.1) is 26.4 Å². The number of phosphoric acid groups is 2. The minimum Gasteiger partial charge on any atom is -0.463 e. The molecular formula is C87H146O16P2. The Labute approximate surface area is 638 Å². The third-order valence-electron chi connectivity index (χ3n) is 16.7. The average Bonchev–Trinajstić information content (AvgIpc) is 0.911. The largest absolute Gasteiger partial charge is 0.472 e. The number of rotatable bonds is 76. The Morgan fingerprint density at radius 3 is 0.762 bits per heavy atom. The van der Waals surface area contributed by atoms with Gasteiger partial charge in [-0.1, -0.05) is 314 Å². The Morgan fingerprint density at radius 1 is 0.267 bits per heavy atom. The molecule has 600 valence electrons. The monoisotopic (exact) mass is 1510 g/mol. The summed E-state index contributed by atoms with van der Waals surface area (Å²) in [5, 5.41) is 20.7. The van der Waals surface area contributed by atoms with E-state index in [0.717, 1.165) is 167 Å². The molecule has 4 N–H and O–H groups in total. The van der Waals surface area contributed by atoms with Gasteiger partial charge >= 0.3 is 33.6 Å². The zero-order chi connectivity index (χ0) is 76.6. The number of esters is 3. The van der Waals surface area contributed by atoms with Crippen LogP contribution in [-0.2, 0) is 55.8 Å². The SMILES string of the molecule is CC/C=C\C/C=C\C/C=C\C/C=C\C/C=C\CCCCCCCCCCCCCCCCCCCC(=O)OCC(O)COP(=O)(O)OCC(O)COP(=O)(O)OCC(COC(=O)CCCCC/C=C\C/C=C\C/C=C\C/C=C\C/C=C\CC)OC(=O)CCCCCCCCC/C=C\C/C=C\C/C=C\CC. The number of unbranched alkanes of at least 4 members (excludes halogenated alkanes) is 27. The number of allylic oxidation sites excluding steroid dienone is 26. The van der Waals surface area contributed by atoms with Crippen molar-refractivity contribution in [3.05, 3.63) is 158 Å². The van der Waals surface area contributed by atoms with E-state index in [1.54, 1.807) is 0 Å². The predicted octanol–water partition coefficient (Wildman–Crippen LogP) is 24.2. The van der Waals surface area contributed by atoms with E-state index in [1.165, 1.54) is 89.9 Å². The molecule has 0 saturated carbocycles. The van der Waals surface area contributed by atoms with Crippen molar-refractivity contribution in [3.8, 4) is 0 Å². The Hall–Kier alpha value is -4.83. The summed E-state index contributed by atoms with van der Waals surface area (Å²) >= 11 is 0. The van der Waals surface area contributed by atoms with E-state index in [1.807, 2.05) is 0 Å². The highest BCUT2D eigenvalue weighted by Gasteiger charge is 2.29. The van der Waals surface area contributed by atoms with Gasteiger partial charge in [0.1, 0.15) is 25.4 Å². The van der Waals surface area contributed by atoms with Crippen LogP contribution in [-0.4, -0.2) is 95.9 Å². The zero-order valence-corrected chi connectivity index (χ0v) is 67.4. The Bertz CT molecular complexity index is 2540. The lowest BCUT2D eigenvalue weighted by molar-refractivity contribution is -0.161. The highest BCUT2D eigenvalue weighted by atomic mass is 31.2. The first-order valence-corrected chi connectivity index (χ1v) is 43.8. The maximum Gasteiger partial charge on any atom is 0.472 e. The highest BCUT2D eigenvalue weighted by Crippen LogP contribution is 2.45. The fourth-order valence-electron chi connectivity index (χ4n) is 10.6. The van der Waals surface area contributed by atoms with Gasteiger partial charge in [-0.2, -0.15) is 0 Å². The first-order valence-electron chi connectivity index (χ1n) is 40.8. The quantitative estimate of drug-likeness (QED) is 0.0146. The van der Waals surface area contributed by atoms with Crippen molar-refractivity contribution in [1.29, 1.82) is 0 Å². The van der Waals surface area contributed by atoms with E-state index >= 15 is 0 Å². The fraction of sp³-hybridized carbons (Fsp3) is 0.667. The second-order valence-electron chi connectivity index (χ2n) is 26.8. The van der Waals surface area contributed by atoms with Gasteiger partial charge in [0.25, 0.3) is 0 Å². The summed E-state index contributed by atoms with van der Waals surface area (Å²) in [6, 6.07) is 0.